The van der Waals surface area contributed by atoms with Crippen molar-refractivity contribution in [2.45, 2.75) is 23.9 Å². The van der Waals surface area contributed by atoms with E-state index in [0.717, 1.165) is 16.7 Å². The molecule has 3 aromatic rings. The van der Waals surface area contributed by atoms with Crippen LogP contribution in [0, 0.1) is 0 Å². The lowest BCUT2D eigenvalue weighted by Crippen LogP contribution is -2.33. The van der Waals surface area contributed by atoms with Crippen LogP contribution in [-0.2, 0) is 9.53 Å². The summed E-state index contributed by atoms with van der Waals surface area (Å²) in [6, 6.07) is 18.7. The van der Waals surface area contributed by atoms with Crippen molar-refractivity contribution in [2.24, 2.45) is 0 Å². The Labute approximate surface area is 178 Å². The van der Waals surface area contributed by atoms with E-state index in [4.69, 9.17) is 4.74 Å². The van der Waals surface area contributed by atoms with Gasteiger partial charge >= 0.3 is 5.97 Å². The molecule has 4 rings (SSSR count). The summed E-state index contributed by atoms with van der Waals surface area (Å²) in [4.78, 5) is 37.9. The van der Waals surface area contributed by atoms with Gasteiger partial charge in [0.25, 0.3) is 5.56 Å². The lowest BCUT2D eigenvalue weighted by atomic mass is 9.85. The minimum absolute atomic E-state index is 0.0883. The average Bonchev–Trinajstić information content (AvgIpc) is 3.24. The number of hydrogen-bond acceptors (Lipinski definition) is 5. The third kappa shape index (κ3) is 3.27. The van der Waals surface area contributed by atoms with E-state index in [-0.39, 0.29) is 11.5 Å². The summed E-state index contributed by atoms with van der Waals surface area (Å²) in [5.41, 5.74) is 3.07. The minimum Gasteiger partial charge on any atom is -0.467 e. The molecular formula is C24H21NO4S. The second kappa shape index (κ2) is 8.32. The number of ether oxygens (including phenoxy) is 1. The van der Waals surface area contributed by atoms with Crippen LogP contribution in [0.2, 0.25) is 0 Å². The van der Waals surface area contributed by atoms with Crippen molar-refractivity contribution in [2.75, 3.05) is 12.9 Å². The van der Waals surface area contributed by atoms with Gasteiger partial charge in [-0.3, -0.25) is 14.2 Å². The van der Waals surface area contributed by atoms with Gasteiger partial charge in [-0.1, -0.05) is 67.6 Å². The fourth-order valence-electron chi connectivity index (χ4n) is 4.03. The number of carbonyl (C=O) groups excluding carboxylic acids is 2. The van der Waals surface area contributed by atoms with Crippen LogP contribution in [-0.4, -0.2) is 29.7 Å². The SMILES string of the molecule is COC(=O)[C@@H]1CSc2c(-c3ccccc3)c(C(C)c3ccccc3)c(C=O)c(=O)n21. The predicted molar refractivity (Wildman–Crippen MR) is 117 cm³/mol. The molecule has 1 unspecified atom stereocenters. The molecule has 2 aromatic carbocycles. The molecule has 0 radical (unpaired) electrons. The monoisotopic (exact) mass is 419 g/mol. The van der Waals surface area contributed by atoms with Gasteiger partial charge in [0.15, 0.2) is 6.29 Å². The topological polar surface area (TPSA) is 65.4 Å². The molecule has 2 heterocycles. The van der Waals surface area contributed by atoms with E-state index in [1.54, 1.807) is 0 Å². The number of thioether (sulfide) groups is 1. The Morgan fingerprint density at radius 2 is 1.77 bits per heavy atom. The van der Waals surface area contributed by atoms with E-state index in [1.807, 2.05) is 67.6 Å². The Kier molecular flexibility index (Phi) is 5.59. The first-order valence-electron chi connectivity index (χ1n) is 9.67. The Morgan fingerprint density at radius 3 is 2.37 bits per heavy atom. The Hall–Kier alpha value is -3.12. The van der Waals surface area contributed by atoms with Crippen LogP contribution in [0.1, 0.15) is 40.4 Å². The summed E-state index contributed by atoms with van der Waals surface area (Å²) in [5.74, 6) is -0.274. The van der Waals surface area contributed by atoms with E-state index in [2.05, 4.69) is 0 Å². The third-order valence-corrected chi connectivity index (χ3v) is 6.67. The second-order valence-electron chi connectivity index (χ2n) is 7.15. The molecule has 1 aliphatic rings. The molecule has 152 valence electrons. The molecule has 0 amide bonds. The lowest BCUT2D eigenvalue weighted by Gasteiger charge is -2.23. The molecule has 0 N–H and O–H groups in total. The number of fused-ring (bicyclic) bond motifs is 1. The van der Waals surface area contributed by atoms with Gasteiger partial charge in [-0.05, 0) is 16.7 Å². The Balaban J connectivity index is 2.08. The van der Waals surface area contributed by atoms with Crippen LogP contribution in [0.3, 0.4) is 0 Å². The summed E-state index contributed by atoms with van der Waals surface area (Å²) < 4.78 is 6.35. The molecular weight excluding hydrogens is 398 g/mol. The number of esters is 1. The van der Waals surface area contributed by atoms with Gasteiger partial charge in [-0.15, -0.1) is 11.8 Å². The van der Waals surface area contributed by atoms with E-state index < -0.39 is 17.6 Å². The van der Waals surface area contributed by atoms with E-state index in [0.29, 0.717) is 22.6 Å². The normalized spacial score (nSPS) is 16.0. The quantitative estimate of drug-likeness (QED) is 0.456. The van der Waals surface area contributed by atoms with Gasteiger partial charge in [0.1, 0.15) is 6.04 Å². The van der Waals surface area contributed by atoms with Crippen LogP contribution in [0.25, 0.3) is 11.1 Å². The van der Waals surface area contributed by atoms with Crippen molar-refractivity contribution < 1.29 is 14.3 Å². The Bertz CT molecular complexity index is 1160. The maximum absolute atomic E-state index is 13.4. The fourth-order valence-corrected chi connectivity index (χ4v) is 5.35. The van der Waals surface area contributed by atoms with E-state index in [9.17, 15) is 14.4 Å². The molecule has 30 heavy (non-hydrogen) atoms. The summed E-state index contributed by atoms with van der Waals surface area (Å²) in [5, 5.41) is 0.699. The number of carbonyl (C=O) groups is 2. The molecule has 0 saturated heterocycles. The fraction of sp³-hybridized carbons (Fsp3) is 0.208. The van der Waals surface area contributed by atoms with Crippen molar-refractivity contribution in [3.05, 3.63) is 87.7 Å². The van der Waals surface area contributed by atoms with Crippen LogP contribution in [0.15, 0.2) is 70.5 Å². The summed E-state index contributed by atoms with van der Waals surface area (Å²) in [7, 11) is 1.31. The first-order valence-corrected chi connectivity index (χ1v) is 10.7. The molecule has 0 bridgehead atoms. The predicted octanol–water partition coefficient (Wildman–Crippen LogP) is 4.30. The zero-order valence-electron chi connectivity index (χ0n) is 16.7. The van der Waals surface area contributed by atoms with E-state index in [1.165, 1.54) is 23.4 Å². The third-order valence-electron chi connectivity index (χ3n) is 5.52. The van der Waals surface area contributed by atoms with Crippen molar-refractivity contribution in [1.29, 1.82) is 0 Å². The number of benzene rings is 2. The summed E-state index contributed by atoms with van der Waals surface area (Å²) in [6.45, 7) is 2.00. The molecule has 1 aromatic heterocycles. The highest BCUT2D eigenvalue weighted by atomic mass is 32.2. The minimum atomic E-state index is -0.746. The summed E-state index contributed by atoms with van der Waals surface area (Å²) >= 11 is 1.45. The van der Waals surface area contributed by atoms with Gasteiger partial charge in [0.2, 0.25) is 0 Å². The molecule has 0 fully saturated rings. The largest absolute Gasteiger partial charge is 0.467 e. The molecule has 0 aliphatic carbocycles. The smallest absolute Gasteiger partial charge is 0.329 e. The summed E-state index contributed by atoms with van der Waals surface area (Å²) in [6.07, 6.45) is 0.619. The highest BCUT2D eigenvalue weighted by Crippen LogP contribution is 2.44. The molecule has 0 spiro atoms. The first kappa shape index (κ1) is 20.2. The molecule has 1 aliphatic heterocycles. The van der Waals surface area contributed by atoms with Gasteiger partial charge in [-0.2, -0.15) is 0 Å². The zero-order valence-corrected chi connectivity index (χ0v) is 17.5. The standard InChI is InChI=1S/C24H21NO4S/c1-15(16-9-5-3-6-10-16)20-18(13-26)22(27)25-19(24(28)29-2)14-30-23(25)21(20)17-11-7-4-8-12-17/h3-13,15,19H,14H2,1-2H3/t15?,19-/m0/s1. The first-order chi connectivity index (χ1) is 14.6. The molecule has 2 atom stereocenters. The van der Waals surface area contributed by atoms with Crippen LogP contribution < -0.4 is 5.56 Å². The number of methoxy groups -OCH3 is 1. The highest BCUT2D eigenvalue weighted by molar-refractivity contribution is 7.99. The zero-order chi connectivity index (χ0) is 21.3. The number of nitrogens with zero attached hydrogens (tertiary/aromatic N) is 1. The molecule has 0 saturated carbocycles. The van der Waals surface area contributed by atoms with E-state index >= 15 is 0 Å². The maximum atomic E-state index is 13.4. The lowest BCUT2D eigenvalue weighted by molar-refractivity contribution is -0.143. The van der Waals surface area contributed by atoms with Gasteiger partial charge in [0, 0.05) is 17.2 Å². The highest BCUT2D eigenvalue weighted by Gasteiger charge is 2.36. The van der Waals surface area contributed by atoms with Crippen molar-refractivity contribution in [1.82, 2.24) is 4.57 Å². The van der Waals surface area contributed by atoms with Gasteiger partial charge < -0.3 is 4.74 Å². The number of hydrogen-bond donors (Lipinski definition) is 0. The van der Waals surface area contributed by atoms with Gasteiger partial charge in [0.05, 0.1) is 17.7 Å². The van der Waals surface area contributed by atoms with Crippen LogP contribution in [0.4, 0.5) is 0 Å². The van der Waals surface area contributed by atoms with Crippen molar-refractivity contribution in [3.63, 3.8) is 0 Å². The molecule has 5 nitrogen and oxygen atoms in total. The Morgan fingerprint density at radius 1 is 1.13 bits per heavy atom. The number of aldehydes is 1. The maximum Gasteiger partial charge on any atom is 0.329 e. The second-order valence-corrected chi connectivity index (χ2v) is 8.16. The van der Waals surface area contributed by atoms with Crippen molar-refractivity contribution >= 4 is 24.0 Å². The molecule has 6 heteroatoms. The number of rotatable bonds is 5. The van der Waals surface area contributed by atoms with Crippen LogP contribution in [0.5, 0.6) is 0 Å². The number of aromatic nitrogens is 1. The number of pyridine rings is 1. The van der Waals surface area contributed by atoms with Crippen LogP contribution >= 0.6 is 11.8 Å². The van der Waals surface area contributed by atoms with Crippen molar-refractivity contribution in [3.8, 4) is 11.1 Å². The average molecular weight is 420 g/mol. The van der Waals surface area contributed by atoms with Gasteiger partial charge in [-0.25, -0.2) is 4.79 Å².